The molecular weight excluding hydrogens is 420 g/mol. The summed E-state index contributed by atoms with van der Waals surface area (Å²) in [5.74, 6) is 1.61. The molecule has 4 aliphatic rings. The van der Waals surface area contributed by atoms with Crippen molar-refractivity contribution < 1.29 is 9.59 Å². The first kappa shape index (κ1) is 22.0. The molecule has 2 amide bonds. The number of amides is 2. The second-order valence-corrected chi connectivity index (χ2v) is 11.6. The first-order valence-corrected chi connectivity index (χ1v) is 12.6. The minimum Gasteiger partial charge on any atom is -0.348 e. The highest BCUT2D eigenvalue weighted by Gasteiger charge is 2.59. The lowest BCUT2D eigenvalue weighted by molar-refractivity contribution is -0.141. The number of benzene rings is 1. The van der Waals surface area contributed by atoms with Crippen LogP contribution in [-0.4, -0.2) is 29.8 Å². The molecule has 6 atom stereocenters. The third-order valence-corrected chi connectivity index (χ3v) is 9.99. The fourth-order valence-corrected chi connectivity index (χ4v) is 8.16. The number of nitrogens with zero attached hydrogens (tertiary/aromatic N) is 1. The van der Waals surface area contributed by atoms with Gasteiger partial charge in [-0.15, -0.1) is 0 Å². The maximum atomic E-state index is 13.2. The zero-order valence-corrected chi connectivity index (χ0v) is 20.3. The van der Waals surface area contributed by atoms with E-state index in [4.69, 9.17) is 11.6 Å². The Hall–Kier alpha value is -1.81. The van der Waals surface area contributed by atoms with Gasteiger partial charge in [-0.25, -0.2) is 0 Å². The zero-order chi connectivity index (χ0) is 22.7. The number of hydrogen-bond acceptors (Lipinski definition) is 2. The molecule has 32 heavy (non-hydrogen) atoms. The van der Waals surface area contributed by atoms with Crippen molar-refractivity contribution in [3.63, 3.8) is 0 Å². The van der Waals surface area contributed by atoms with E-state index in [-0.39, 0.29) is 23.3 Å². The van der Waals surface area contributed by atoms with Crippen molar-refractivity contribution in [3.05, 3.63) is 46.5 Å². The molecule has 172 valence electrons. The van der Waals surface area contributed by atoms with Crippen LogP contribution in [0.25, 0.3) is 0 Å². The van der Waals surface area contributed by atoms with E-state index >= 15 is 0 Å². The van der Waals surface area contributed by atoms with Crippen LogP contribution < -0.4 is 5.32 Å². The predicted octanol–water partition coefficient (Wildman–Crippen LogP) is 5.36. The molecule has 4 nitrogen and oxygen atoms in total. The number of hydrogen-bond donors (Lipinski definition) is 1. The van der Waals surface area contributed by atoms with Gasteiger partial charge in [-0.1, -0.05) is 56.1 Å². The minimum atomic E-state index is -0.287. The third-order valence-electron chi connectivity index (χ3n) is 9.62. The lowest BCUT2D eigenvalue weighted by Gasteiger charge is -2.60. The first-order valence-electron chi connectivity index (χ1n) is 12.3. The largest absolute Gasteiger partial charge is 0.348 e. The van der Waals surface area contributed by atoms with Crippen LogP contribution >= 0.6 is 11.6 Å². The highest BCUT2D eigenvalue weighted by molar-refractivity contribution is 6.31. The molecule has 1 heterocycles. The van der Waals surface area contributed by atoms with Crippen molar-refractivity contribution >= 4 is 23.4 Å². The number of carbonyl (C=O) groups excluding carboxylic acids is 2. The number of likely N-dealkylation sites (N-methyl/N-ethyl adjacent to an activating group) is 1. The van der Waals surface area contributed by atoms with Gasteiger partial charge in [-0.2, -0.15) is 0 Å². The number of rotatable bonds is 3. The summed E-state index contributed by atoms with van der Waals surface area (Å²) in [6.45, 7) is 5.14. The Kier molecular flexibility index (Phi) is 5.43. The molecule has 3 saturated carbocycles. The highest BCUT2D eigenvalue weighted by Crippen LogP contribution is 2.64. The molecule has 5 heteroatoms. The van der Waals surface area contributed by atoms with Gasteiger partial charge in [0.2, 0.25) is 0 Å². The van der Waals surface area contributed by atoms with Gasteiger partial charge in [0.15, 0.2) is 0 Å². The number of fused-ring (bicyclic) bond motifs is 5. The van der Waals surface area contributed by atoms with E-state index in [9.17, 15) is 9.59 Å². The van der Waals surface area contributed by atoms with Gasteiger partial charge in [0.25, 0.3) is 11.8 Å². The fraction of sp³-hybridized carbons (Fsp3) is 0.630. The van der Waals surface area contributed by atoms with Crippen LogP contribution in [0.15, 0.2) is 35.9 Å². The van der Waals surface area contributed by atoms with E-state index in [1.54, 1.807) is 0 Å². The Labute approximate surface area is 196 Å². The molecule has 1 unspecified atom stereocenters. The number of nitrogens with one attached hydrogen (secondary N) is 1. The van der Waals surface area contributed by atoms with Gasteiger partial charge in [-0.05, 0) is 73.3 Å². The van der Waals surface area contributed by atoms with Crippen LogP contribution in [-0.2, 0) is 16.1 Å². The van der Waals surface area contributed by atoms with Crippen LogP contribution in [0.4, 0.5) is 0 Å². The summed E-state index contributed by atoms with van der Waals surface area (Å²) < 4.78 is 0. The van der Waals surface area contributed by atoms with Crippen molar-refractivity contribution in [2.24, 2.45) is 28.6 Å². The Bertz CT molecular complexity index is 974. The molecule has 0 saturated heterocycles. The smallest absolute Gasteiger partial charge is 0.259 e. The van der Waals surface area contributed by atoms with E-state index in [0.717, 1.165) is 17.9 Å². The van der Waals surface area contributed by atoms with Crippen molar-refractivity contribution in [2.75, 3.05) is 7.05 Å². The standard InChI is InChI=1S/C27H35ClN2O2/c1-26-13-6-8-20(26)18-10-11-23-27(2,21(18)12-14-26)15-19(25(32)30(23)3)24(31)29-16-17-7-4-5-9-22(17)28/h4-5,7,9,15,18,20-21,23H,6,8,10-14,16H2,1-3H3,(H,29,31)/t18-,20-,21+,23?,26-,27+/m0/s1. The first-order chi connectivity index (χ1) is 15.2. The normalized spacial score (nSPS) is 38.4. The summed E-state index contributed by atoms with van der Waals surface area (Å²) in [5, 5.41) is 3.57. The Morgan fingerprint density at radius 2 is 1.91 bits per heavy atom. The van der Waals surface area contributed by atoms with Crippen molar-refractivity contribution in [2.45, 2.75) is 71.4 Å². The van der Waals surface area contributed by atoms with Crippen molar-refractivity contribution in [1.29, 1.82) is 0 Å². The Morgan fingerprint density at radius 1 is 1.12 bits per heavy atom. The maximum Gasteiger partial charge on any atom is 0.259 e. The highest BCUT2D eigenvalue weighted by atomic mass is 35.5. The van der Waals surface area contributed by atoms with E-state index in [2.05, 4.69) is 25.2 Å². The average Bonchev–Trinajstić information content (AvgIpc) is 3.17. The summed E-state index contributed by atoms with van der Waals surface area (Å²) in [6.07, 6.45) is 10.9. The second kappa shape index (κ2) is 7.90. The van der Waals surface area contributed by atoms with Crippen LogP contribution in [0, 0.1) is 28.6 Å². The van der Waals surface area contributed by atoms with Gasteiger partial charge < -0.3 is 10.2 Å². The Morgan fingerprint density at radius 3 is 2.69 bits per heavy atom. The van der Waals surface area contributed by atoms with Crippen LogP contribution in [0.1, 0.15) is 64.4 Å². The van der Waals surface area contributed by atoms with E-state index in [0.29, 0.717) is 34.4 Å². The lowest BCUT2D eigenvalue weighted by Crippen LogP contribution is -2.61. The summed E-state index contributed by atoms with van der Waals surface area (Å²) in [6, 6.07) is 7.67. The fourth-order valence-electron chi connectivity index (χ4n) is 7.96. The van der Waals surface area contributed by atoms with Gasteiger partial charge in [0, 0.05) is 30.1 Å². The third kappa shape index (κ3) is 3.32. The molecule has 1 aromatic rings. The molecule has 0 radical (unpaired) electrons. The number of halogens is 1. The SMILES string of the molecule is CN1C(=O)C(C(=O)NCc2ccccc2Cl)=C[C@@]2(C)C1CC[C@@H]1[C@H]2CC[C@]2(C)CCC[C@@H]12. The molecule has 1 aliphatic heterocycles. The average molecular weight is 455 g/mol. The van der Waals surface area contributed by atoms with Gasteiger partial charge in [-0.3, -0.25) is 9.59 Å². The molecule has 1 aromatic carbocycles. The van der Waals surface area contributed by atoms with Crippen LogP contribution in [0.2, 0.25) is 5.02 Å². The summed E-state index contributed by atoms with van der Waals surface area (Å²) >= 11 is 6.25. The van der Waals surface area contributed by atoms with Gasteiger partial charge in [0.05, 0.1) is 0 Å². The van der Waals surface area contributed by atoms with Crippen molar-refractivity contribution in [3.8, 4) is 0 Å². The van der Waals surface area contributed by atoms with E-state index < -0.39 is 0 Å². The molecule has 3 aliphatic carbocycles. The van der Waals surface area contributed by atoms with E-state index in [1.807, 2.05) is 36.2 Å². The van der Waals surface area contributed by atoms with Crippen molar-refractivity contribution in [1.82, 2.24) is 10.2 Å². The summed E-state index contributed by atoms with van der Waals surface area (Å²) in [5.41, 5.74) is 1.51. The predicted molar refractivity (Wildman–Crippen MR) is 127 cm³/mol. The molecular formula is C27H35ClN2O2. The molecule has 0 spiro atoms. The Balaban J connectivity index is 1.43. The van der Waals surface area contributed by atoms with Crippen LogP contribution in [0.3, 0.4) is 0 Å². The van der Waals surface area contributed by atoms with E-state index in [1.165, 1.54) is 38.5 Å². The molecule has 0 bridgehead atoms. The quantitative estimate of drug-likeness (QED) is 0.625. The van der Waals surface area contributed by atoms with Crippen LogP contribution in [0.5, 0.6) is 0 Å². The van der Waals surface area contributed by atoms with Gasteiger partial charge in [0.1, 0.15) is 5.57 Å². The molecule has 0 aromatic heterocycles. The molecule has 5 rings (SSSR count). The monoisotopic (exact) mass is 454 g/mol. The lowest BCUT2D eigenvalue weighted by atomic mass is 9.48. The summed E-state index contributed by atoms with van der Waals surface area (Å²) in [7, 11) is 1.89. The molecule has 3 fully saturated rings. The topological polar surface area (TPSA) is 49.4 Å². The zero-order valence-electron chi connectivity index (χ0n) is 19.5. The summed E-state index contributed by atoms with van der Waals surface area (Å²) in [4.78, 5) is 28.2. The minimum absolute atomic E-state index is 0.146. The second-order valence-electron chi connectivity index (χ2n) is 11.2. The molecule has 1 N–H and O–H groups in total. The maximum absolute atomic E-state index is 13.2. The van der Waals surface area contributed by atoms with Gasteiger partial charge >= 0.3 is 0 Å². The number of carbonyl (C=O) groups is 2.